The average Bonchev–Trinajstić information content (AvgIpc) is 2.35. The van der Waals surface area contributed by atoms with E-state index < -0.39 is 17.7 Å². The fraction of sp³-hybridized carbons (Fsp3) is 0.154. The van der Waals surface area contributed by atoms with Crippen molar-refractivity contribution in [2.24, 2.45) is 0 Å². The van der Waals surface area contributed by atoms with Gasteiger partial charge in [0.2, 0.25) is 0 Å². The standard InChI is InChI=1S/C13H11F2NO/c14-10-5-4-9(7-11(10)15)8-13(17)12-3-1-2-6-16-12/h1-7,13,17H,8H2. The molecule has 0 aliphatic carbocycles. The van der Waals surface area contributed by atoms with Gasteiger partial charge in [0.15, 0.2) is 11.6 Å². The second-order valence-corrected chi connectivity index (χ2v) is 3.72. The van der Waals surface area contributed by atoms with Crippen LogP contribution in [0.1, 0.15) is 17.4 Å². The molecule has 2 aromatic rings. The van der Waals surface area contributed by atoms with Crippen LogP contribution < -0.4 is 0 Å². The highest BCUT2D eigenvalue weighted by atomic mass is 19.2. The second kappa shape index (κ2) is 5.01. The quantitative estimate of drug-likeness (QED) is 0.887. The molecular weight excluding hydrogens is 224 g/mol. The number of pyridine rings is 1. The Bertz CT molecular complexity index is 502. The smallest absolute Gasteiger partial charge is 0.159 e. The van der Waals surface area contributed by atoms with Crippen LogP contribution in [0.25, 0.3) is 0 Å². The Hall–Kier alpha value is -1.81. The maximum Gasteiger partial charge on any atom is 0.159 e. The number of nitrogens with zero attached hydrogens (tertiary/aromatic N) is 1. The van der Waals surface area contributed by atoms with Gasteiger partial charge in [-0.25, -0.2) is 8.78 Å². The minimum absolute atomic E-state index is 0.203. The summed E-state index contributed by atoms with van der Waals surface area (Å²) in [6.07, 6.45) is 0.957. The molecule has 1 aromatic heterocycles. The molecule has 0 bridgehead atoms. The van der Waals surface area contributed by atoms with Crippen molar-refractivity contribution >= 4 is 0 Å². The third-order valence-electron chi connectivity index (χ3n) is 2.44. The summed E-state index contributed by atoms with van der Waals surface area (Å²) < 4.78 is 25.7. The topological polar surface area (TPSA) is 33.1 Å². The van der Waals surface area contributed by atoms with Crippen LogP contribution >= 0.6 is 0 Å². The van der Waals surface area contributed by atoms with E-state index in [1.54, 1.807) is 24.4 Å². The lowest BCUT2D eigenvalue weighted by Crippen LogP contribution is -2.04. The van der Waals surface area contributed by atoms with Gasteiger partial charge in [-0.1, -0.05) is 12.1 Å². The molecule has 1 unspecified atom stereocenters. The van der Waals surface area contributed by atoms with Gasteiger partial charge in [0.05, 0.1) is 11.8 Å². The number of aliphatic hydroxyl groups excluding tert-OH is 1. The lowest BCUT2D eigenvalue weighted by atomic mass is 10.1. The summed E-state index contributed by atoms with van der Waals surface area (Å²) in [4.78, 5) is 4.00. The van der Waals surface area contributed by atoms with Crippen molar-refractivity contribution in [1.82, 2.24) is 4.98 Å². The van der Waals surface area contributed by atoms with Gasteiger partial charge >= 0.3 is 0 Å². The van der Waals surface area contributed by atoms with Crippen molar-refractivity contribution in [3.05, 3.63) is 65.5 Å². The van der Waals surface area contributed by atoms with Gasteiger partial charge in [0.1, 0.15) is 0 Å². The largest absolute Gasteiger partial charge is 0.386 e. The number of halogens is 2. The number of aromatic nitrogens is 1. The van der Waals surface area contributed by atoms with Crippen molar-refractivity contribution in [1.29, 1.82) is 0 Å². The van der Waals surface area contributed by atoms with Crippen LogP contribution in [-0.4, -0.2) is 10.1 Å². The minimum atomic E-state index is -0.907. The predicted octanol–water partition coefficient (Wildman–Crippen LogP) is 2.64. The Kier molecular flexibility index (Phi) is 3.44. The van der Waals surface area contributed by atoms with E-state index in [2.05, 4.69) is 4.98 Å². The molecule has 0 saturated heterocycles. The van der Waals surface area contributed by atoms with Gasteiger partial charge in [0.25, 0.3) is 0 Å². The summed E-state index contributed by atoms with van der Waals surface area (Å²) >= 11 is 0. The van der Waals surface area contributed by atoms with E-state index in [1.165, 1.54) is 6.07 Å². The van der Waals surface area contributed by atoms with Gasteiger partial charge in [-0.2, -0.15) is 0 Å². The molecule has 1 N–H and O–H groups in total. The molecule has 0 aliphatic heterocycles. The molecule has 2 nitrogen and oxygen atoms in total. The van der Waals surface area contributed by atoms with E-state index in [-0.39, 0.29) is 6.42 Å². The van der Waals surface area contributed by atoms with E-state index in [0.717, 1.165) is 12.1 Å². The highest BCUT2D eigenvalue weighted by Crippen LogP contribution is 2.17. The first-order valence-corrected chi connectivity index (χ1v) is 5.20. The van der Waals surface area contributed by atoms with Gasteiger partial charge in [-0.05, 0) is 29.8 Å². The molecule has 88 valence electrons. The first kappa shape index (κ1) is 11.7. The molecule has 2 rings (SSSR count). The molecule has 0 fully saturated rings. The second-order valence-electron chi connectivity index (χ2n) is 3.72. The predicted molar refractivity (Wildman–Crippen MR) is 59.3 cm³/mol. The Labute approximate surface area is 97.6 Å². The van der Waals surface area contributed by atoms with Gasteiger partial charge < -0.3 is 5.11 Å². The van der Waals surface area contributed by atoms with Crippen molar-refractivity contribution in [3.8, 4) is 0 Å². The summed E-state index contributed by atoms with van der Waals surface area (Å²) in [5.41, 5.74) is 1.04. The molecular formula is C13H11F2NO. The monoisotopic (exact) mass is 235 g/mol. The molecule has 1 heterocycles. The molecule has 0 radical (unpaired) electrons. The summed E-state index contributed by atoms with van der Waals surface area (Å²) in [6, 6.07) is 8.77. The van der Waals surface area contributed by atoms with Crippen LogP contribution in [-0.2, 0) is 6.42 Å². The highest BCUT2D eigenvalue weighted by Gasteiger charge is 2.11. The molecule has 1 aromatic carbocycles. The van der Waals surface area contributed by atoms with Crippen LogP contribution in [0.5, 0.6) is 0 Å². The van der Waals surface area contributed by atoms with E-state index in [4.69, 9.17) is 0 Å². The fourth-order valence-electron chi connectivity index (χ4n) is 1.57. The molecule has 1 atom stereocenters. The summed E-state index contributed by atoms with van der Waals surface area (Å²) in [5.74, 6) is -1.79. The van der Waals surface area contributed by atoms with Crippen LogP contribution in [0.3, 0.4) is 0 Å². The number of hydrogen-bond donors (Lipinski definition) is 1. The summed E-state index contributed by atoms with van der Waals surface area (Å²) in [5, 5.41) is 9.86. The molecule has 0 spiro atoms. The minimum Gasteiger partial charge on any atom is -0.386 e. The van der Waals surface area contributed by atoms with Crippen molar-refractivity contribution in [2.45, 2.75) is 12.5 Å². The van der Waals surface area contributed by atoms with Crippen LogP contribution in [0.4, 0.5) is 8.78 Å². The van der Waals surface area contributed by atoms with Crippen LogP contribution in [0, 0.1) is 11.6 Å². The molecule has 17 heavy (non-hydrogen) atoms. The van der Waals surface area contributed by atoms with E-state index in [0.29, 0.717) is 11.3 Å². The third kappa shape index (κ3) is 2.85. The normalized spacial score (nSPS) is 12.4. The number of benzene rings is 1. The summed E-state index contributed by atoms with van der Waals surface area (Å²) in [6.45, 7) is 0. The first-order valence-electron chi connectivity index (χ1n) is 5.20. The Morgan fingerprint density at radius 1 is 1.12 bits per heavy atom. The maximum absolute atomic E-state index is 13.0. The zero-order valence-corrected chi connectivity index (χ0v) is 8.98. The molecule has 0 saturated carbocycles. The Morgan fingerprint density at radius 3 is 2.59 bits per heavy atom. The van der Waals surface area contributed by atoms with E-state index in [9.17, 15) is 13.9 Å². The Balaban J connectivity index is 2.13. The zero-order valence-electron chi connectivity index (χ0n) is 8.98. The maximum atomic E-state index is 13.0. The number of hydrogen-bond acceptors (Lipinski definition) is 2. The number of aliphatic hydroxyl groups is 1. The summed E-state index contributed by atoms with van der Waals surface area (Å²) in [7, 11) is 0. The van der Waals surface area contributed by atoms with E-state index in [1.807, 2.05) is 0 Å². The zero-order chi connectivity index (χ0) is 12.3. The van der Waals surface area contributed by atoms with Gasteiger partial charge in [-0.3, -0.25) is 4.98 Å². The van der Waals surface area contributed by atoms with Crippen molar-refractivity contribution in [2.75, 3.05) is 0 Å². The molecule has 4 heteroatoms. The Morgan fingerprint density at radius 2 is 1.94 bits per heavy atom. The van der Waals surface area contributed by atoms with Crippen LogP contribution in [0.15, 0.2) is 42.6 Å². The first-order chi connectivity index (χ1) is 8.16. The molecule has 0 amide bonds. The highest BCUT2D eigenvalue weighted by molar-refractivity contribution is 5.20. The number of rotatable bonds is 3. The lowest BCUT2D eigenvalue weighted by Gasteiger charge is -2.09. The van der Waals surface area contributed by atoms with Gasteiger partial charge in [0, 0.05) is 12.6 Å². The third-order valence-corrected chi connectivity index (χ3v) is 2.44. The van der Waals surface area contributed by atoms with Gasteiger partial charge in [-0.15, -0.1) is 0 Å². The van der Waals surface area contributed by atoms with Crippen molar-refractivity contribution in [3.63, 3.8) is 0 Å². The SMILES string of the molecule is OC(Cc1ccc(F)c(F)c1)c1ccccn1. The average molecular weight is 235 g/mol. The molecule has 0 aliphatic rings. The van der Waals surface area contributed by atoms with Crippen LogP contribution in [0.2, 0.25) is 0 Å². The van der Waals surface area contributed by atoms with Crippen molar-refractivity contribution < 1.29 is 13.9 Å². The fourth-order valence-corrected chi connectivity index (χ4v) is 1.57. The lowest BCUT2D eigenvalue weighted by molar-refractivity contribution is 0.173. The van der Waals surface area contributed by atoms with E-state index >= 15 is 0 Å².